The van der Waals surface area contributed by atoms with E-state index in [1.807, 2.05) is 6.07 Å². The summed E-state index contributed by atoms with van der Waals surface area (Å²) in [5.74, 6) is 0. The largest absolute Gasteiger partial charge is 0.0579 e. The van der Waals surface area contributed by atoms with Crippen molar-refractivity contribution in [1.82, 2.24) is 0 Å². The fourth-order valence-corrected chi connectivity index (χ4v) is 1.45. The lowest BCUT2D eigenvalue weighted by Crippen LogP contribution is -1.78. The summed E-state index contributed by atoms with van der Waals surface area (Å²) < 4.78 is 2.57. The van der Waals surface area contributed by atoms with Crippen molar-refractivity contribution in [2.45, 2.75) is 0 Å². The van der Waals surface area contributed by atoms with Gasteiger partial charge in [-0.2, -0.15) is 0 Å². The van der Waals surface area contributed by atoms with Crippen molar-refractivity contribution in [3.63, 3.8) is 0 Å². The molecular weight excluding hydrogens is 338 g/mol. The molecule has 0 N–H and O–H groups in total. The lowest BCUT2D eigenvalue weighted by molar-refractivity contribution is 1.52. The van der Waals surface area contributed by atoms with E-state index in [2.05, 4.69) is 64.2 Å². The number of rotatable bonds is 0. The van der Waals surface area contributed by atoms with Crippen molar-refractivity contribution >= 4 is 45.2 Å². The molecule has 0 unspecified atom stereocenters. The van der Waals surface area contributed by atoms with Crippen LogP contribution in [0.3, 0.4) is 0 Å². The normalized spacial score (nSPS) is 9.67. The Morgan fingerprint density at radius 1 is 1.11 bits per heavy atom. The summed E-state index contributed by atoms with van der Waals surface area (Å²) in [5.41, 5.74) is 1.08. The fourth-order valence-electron chi connectivity index (χ4n) is 0.540. The van der Waals surface area contributed by atoms with Gasteiger partial charge >= 0.3 is 0 Å². The smallest absolute Gasteiger partial charge is 0.0266 e. The van der Waals surface area contributed by atoms with Gasteiger partial charge in [0.15, 0.2) is 0 Å². The zero-order chi connectivity index (χ0) is 6.85. The molecule has 9 heavy (non-hydrogen) atoms. The lowest BCUT2D eigenvalue weighted by Gasteiger charge is -1.95. The van der Waals surface area contributed by atoms with Gasteiger partial charge in [-0.15, -0.1) is 0 Å². The predicted octanol–water partition coefficient (Wildman–Crippen LogP) is 3.08. The molecule has 47 valence electrons. The Labute approximate surface area is 82.3 Å². The van der Waals surface area contributed by atoms with E-state index >= 15 is 0 Å². The van der Waals surface area contributed by atoms with Crippen LogP contribution >= 0.6 is 45.2 Å². The Hall–Kier alpha value is 0.680. The van der Waals surface area contributed by atoms with Crippen LogP contribution in [-0.4, -0.2) is 0 Å². The topological polar surface area (TPSA) is 0 Å². The highest BCUT2D eigenvalue weighted by Gasteiger charge is 1.92. The molecule has 0 aliphatic heterocycles. The molecule has 1 rings (SSSR count). The van der Waals surface area contributed by atoms with Gasteiger partial charge in [-0.3, -0.25) is 0 Å². The molecule has 0 heterocycles. The molecule has 1 aromatic rings. The van der Waals surface area contributed by atoms with E-state index in [1.165, 1.54) is 7.14 Å². The summed E-state index contributed by atoms with van der Waals surface area (Å²) in [6.45, 7) is 3.81. The minimum absolute atomic E-state index is 1.08. The molecule has 0 saturated heterocycles. The molecule has 0 bridgehead atoms. The van der Waals surface area contributed by atoms with Gasteiger partial charge in [0, 0.05) is 7.14 Å². The van der Waals surface area contributed by atoms with Crippen LogP contribution in [0.15, 0.2) is 18.2 Å². The van der Waals surface area contributed by atoms with Crippen molar-refractivity contribution in [1.29, 1.82) is 0 Å². The summed E-state index contributed by atoms with van der Waals surface area (Å²) in [7, 11) is 0. The molecule has 0 aliphatic carbocycles. The van der Waals surface area contributed by atoms with E-state index in [-0.39, 0.29) is 0 Å². The number of halogens is 2. The average Bonchev–Trinajstić information content (AvgIpc) is 1.80. The molecule has 1 aromatic carbocycles. The first kappa shape index (κ1) is 7.78. The zero-order valence-electron chi connectivity index (χ0n) is 4.70. The van der Waals surface area contributed by atoms with E-state index in [0.717, 1.165) is 5.56 Å². The van der Waals surface area contributed by atoms with Crippen molar-refractivity contribution in [3.05, 3.63) is 37.8 Å². The van der Waals surface area contributed by atoms with Crippen LogP contribution in [0.2, 0.25) is 0 Å². The van der Waals surface area contributed by atoms with Crippen molar-refractivity contribution in [3.8, 4) is 0 Å². The van der Waals surface area contributed by atoms with E-state index in [0.29, 0.717) is 0 Å². The van der Waals surface area contributed by atoms with Crippen LogP contribution in [0.25, 0.3) is 0 Å². The molecule has 2 heteroatoms. The third-order valence-corrected chi connectivity index (χ3v) is 3.85. The van der Waals surface area contributed by atoms with Gasteiger partial charge in [0.25, 0.3) is 0 Å². The molecule has 0 saturated carbocycles. The first-order chi connectivity index (χ1) is 4.20. The maximum atomic E-state index is 3.81. The van der Waals surface area contributed by atoms with Gasteiger partial charge in [-0.05, 0) is 69.8 Å². The molecule has 0 spiro atoms. The summed E-state index contributed by atoms with van der Waals surface area (Å²) in [4.78, 5) is 0. The van der Waals surface area contributed by atoms with Crippen LogP contribution in [0, 0.1) is 14.1 Å². The summed E-state index contributed by atoms with van der Waals surface area (Å²) in [5, 5.41) is 0. The first-order valence-corrected chi connectivity index (χ1v) is 4.63. The highest BCUT2D eigenvalue weighted by atomic mass is 127. The fraction of sp³-hybridized carbons (Fsp3) is 0. The SMILES string of the molecule is [CH2]c1ccc(I)c(I)c1. The van der Waals surface area contributed by atoms with Crippen LogP contribution < -0.4 is 0 Å². The van der Waals surface area contributed by atoms with Crippen molar-refractivity contribution < 1.29 is 0 Å². The lowest BCUT2D eigenvalue weighted by atomic mass is 10.2. The second kappa shape index (κ2) is 3.18. The van der Waals surface area contributed by atoms with Crippen LogP contribution in [0.4, 0.5) is 0 Å². The van der Waals surface area contributed by atoms with E-state index < -0.39 is 0 Å². The minimum atomic E-state index is 1.08. The maximum Gasteiger partial charge on any atom is 0.0266 e. The van der Waals surface area contributed by atoms with Gasteiger partial charge in [0.05, 0.1) is 0 Å². The Bertz CT molecular complexity index is 218. The number of hydrogen-bond donors (Lipinski definition) is 0. The summed E-state index contributed by atoms with van der Waals surface area (Å²) in [6.07, 6.45) is 0. The maximum absolute atomic E-state index is 3.81. The highest BCUT2D eigenvalue weighted by Crippen LogP contribution is 2.15. The van der Waals surface area contributed by atoms with Crippen LogP contribution in [0.5, 0.6) is 0 Å². The molecular formula is C7H5I2. The van der Waals surface area contributed by atoms with E-state index in [1.54, 1.807) is 0 Å². The zero-order valence-corrected chi connectivity index (χ0v) is 9.01. The molecule has 0 atom stereocenters. The molecule has 1 radical (unpaired) electrons. The molecule has 0 nitrogen and oxygen atoms in total. The van der Waals surface area contributed by atoms with Gasteiger partial charge in [0.1, 0.15) is 0 Å². The van der Waals surface area contributed by atoms with Gasteiger partial charge in [-0.25, -0.2) is 0 Å². The standard InChI is InChI=1S/C7H5I2/c1-5-2-3-6(8)7(9)4-5/h2-4H,1H2. The summed E-state index contributed by atoms with van der Waals surface area (Å²) >= 11 is 4.61. The van der Waals surface area contributed by atoms with Crippen LogP contribution in [-0.2, 0) is 0 Å². The van der Waals surface area contributed by atoms with E-state index in [9.17, 15) is 0 Å². The quantitative estimate of drug-likeness (QED) is 0.636. The monoisotopic (exact) mass is 343 g/mol. The first-order valence-electron chi connectivity index (χ1n) is 2.47. The highest BCUT2D eigenvalue weighted by molar-refractivity contribution is 14.1. The second-order valence-corrected chi connectivity index (χ2v) is 4.07. The van der Waals surface area contributed by atoms with Gasteiger partial charge < -0.3 is 0 Å². The minimum Gasteiger partial charge on any atom is -0.0579 e. The number of hydrogen-bond acceptors (Lipinski definition) is 0. The molecule has 0 aliphatic rings. The van der Waals surface area contributed by atoms with Crippen LogP contribution in [0.1, 0.15) is 5.56 Å². The molecule has 0 aromatic heterocycles. The third kappa shape index (κ3) is 2.07. The Balaban J connectivity index is 3.17. The van der Waals surface area contributed by atoms with Gasteiger partial charge in [0.2, 0.25) is 0 Å². The predicted molar refractivity (Wildman–Crippen MR) is 56.3 cm³/mol. The van der Waals surface area contributed by atoms with Gasteiger partial charge in [-0.1, -0.05) is 6.07 Å². The Morgan fingerprint density at radius 2 is 1.78 bits per heavy atom. The Morgan fingerprint density at radius 3 is 2.22 bits per heavy atom. The Kier molecular flexibility index (Phi) is 2.75. The number of benzene rings is 1. The van der Waals surface area contributed by atoms with Crippen molar-refractivity contribution in [2.24, 2.45) is 0 Å². The van der Waals surface area contributed by atoms with E-state index in [4.69, 9.17) is 0 Å². The summed E-state index contributed by atoms with van der Waals surface area (Å²) in [6, 6.07) is 6.16. The average molecular weight is 343 g/mol. The third-order valence-electron chi connectivity index (χ3n) is 0.984. The van der Waals surface area contributed by atoms with Crippen molar-refractivity contribution in [2.75, 3.05) is 0 Å². The molecule has 0 fully saturated rings. The second-order valence-electron chi connectivity index (χ2n) is 1.75. The molecule has 0 amide bonds.